The number of nitrogens with one attached hydrogen (secondary N) is 1. The van der Waals surface area contributed by atoms with Gasteiger partial charge in [0.05, 0.1) is 30.2 Å². The Morgan fingerprint density at radius 2 is 1.70 bits per heavy atom. The molecule has 2 aromatic rings. The molecule has 0 aliphatic carbocycles. The van der Waals surface area contributed by atoms with Gasteiger partial charge in [-0.1, -0.05) is 0 Å². The largest absolute Gasteiger partial charge is 0.482 e. The van der Waals surface area contributed by atoms with Gasteiger partial charge in [-0.15, -0.1) is 0 Å². The maximum atomic E-state index is 12.2. The summed E-state index contributed by atoms with van der Waals surface area (Å²) in [7, 11) is -2.63. The number of Topliss-reactive ketones (excluding diaryl/α,β-unsaturated/α-hetero) is 1. The number of rotatable bonds is 8. The molecule has 2 rings (SSSR count). The molecule has 0 aliphatic rings. The summed E-state index contributed by atoms with van der Waals surface area (Å²) in [6.45, 7) is -0.682. The van der Waals surface area contributed by atoms with Crippen molar-refractivity contribution >= 4 is 21.8 Å². The van der Waals surface area contributed by atoms with Crippen LogP contribution in [0.1, 0.15) is 15.9 Å². The van der Waals surface area contributed by atoms with Gasteiger partial charge in [0.2, 0.25) is 10.0 Å². The zero-order chi connectivity index (χ0) is 19.9. The molecule has 0 fully saturated rings. The van der Waals surface area contributed by atoms with Crippen LogP contribution in [0, 0.1) is 11.3 Å². The molecule has 27 heavy (non-hydrogen) atoms. The molecule has 2 aromatic carbocycles. The Morgan fingerprint density at radius 1 is 1.07 bits per heavy atom. The van der Waals surface area contributed by atoms with Crippen molar-refractivity contribution in [3.05, 3.63) is 59.7 Å². The Kier molecular flexibility index (Phi) is 6.65. The molecule has 0 atom stereocenters. The summed E-state index contributed by atoms with van der Waals surface area (Å²) in [5.74, 6) is -0.603. The lowest BCUT2D eigenvalue weighted by molar-refractivity contribution is -0.142. The predicted molar refractivity (Wildman–Crippen MR) is 94.6 cm³/mol. The lowest BCUT2D eigenvalue weighted by Gasteiger charge is -2.08. The van der Waals surface area contributed by atoms with Gasteiger partial charge >= 0.3 is 5.97 Å². The zero-order valence-corrected chi connectivity index (χ0v) is 15.2. The van der Waals surface area contributed by atoms with Crippen molar-refractivity contribution < 1.29 is 27.5 Å². The van der Waals surface area contributed by atoms with Gasteiger partial charge in [-0.05, 0) is 48.5 Å². The van der Waals surface area contributed by atoms with Crippen molar-refractivity contribution in [2.75, 3.05) is 20.3 Å². The quantitative estimate of drug-likeness (QED) is 0.534. The van der Waals surface area contributed by atoms with Gasteiger partial charge < -0.3 is 9.47 Å². The summed E-state index contributed by atoms with van der Waals surface area (Å²) >= 11 is 0. The summed E-state index contributed by atoms with van der Waals surface area (Å²) in [5.41, 5.74) is 0.613. The Labute approximate surface area is 156 Å². The standard InChI is InChI=1S/C18H16N2O6S/c1-25-18(22)12-26-15-6-4-14(5-7-15)17(21)11-20-27(23,24)16-8-2-13(10-19)3-9-16/h2-9,20H,11-12H2,1H3. The average Bonchev–Trinajstić information content (AvgIpc) is 2.70. The molecule has 140 valence electrons. The number of hydrogen-bond donors (Lipinski definition) is 1. The number of benzene rings is 2. The zero-order valence-electron chi connectivity index (χ0n) is 14.3. The van der Waals surface area contributed by atoms with E-state index in [0.29, 0.717) is 11.3 Å². The van der Waals surface area contributed by atoms with Crippen LogP contribution in [0.3, 0.4) is 0 Å². The highest BCUT2D eigenvalue weighted by Gasteiger charge is 2.16. The maximum Gasteiger partial charge on any atom is 0.343 e. The Balaban J connectivity index is 1.96. The molecule has 0 bridgehead atoms. The fourth-order valence-electron chi connectivity index (χ4n) is 1.99. The highest BCUT2D eigenvalue weighted by atomic mass is 32.2. The van der Waals surface area contributed by atoms with Crippen molar-refractivity contribution in [2.45, 2.75) is 4.90 Å². The van der Waals surface area contributed by atoms with E-state index in [1.807, 2.05) is 6.07 Å². The number of nitriles is 1. The van der Waals surface area contributed by atoms with Gasteiger partial charge in [0, 0.05) is 5.56 Å². The van der Waals surface area contributed by atoms with Crippen LogP contribution in [0.25, 0.3) is 0 Å². The molecular weight excluding hydrogens is 372 g/mol. The molecule has 0 aromatic heterocycles. The van der Waals surface area contributed by atoms with Crippen molar-refractivity contribution in [3.63, 3.8) is 0 Å². The number of esters is 1. The second-order valence-corrected chi connectivity index (χ2v) is 7.04. The lowest BCUT2D eigenvalue weighted by Crippen LogP contribution is -2.29. The molecular formula is C18H16N2O6S. The summed E-state index contributed by atoms with van der Waals surface area (Å²) in [5, 5.41) is 8.73. The Bertz CT molecular complexity index is 960. The molecule has 8 nitrogen and oxygen atoms in total. The Morgan fingerprint density at radius 3 is 2.26 bits per heavy atom. The SMILES string of the molecule is COC(=O)COc1ccc(C(=O)CNS(=O)(=O)c2ccc(C#N)cc2)cc1. The fourth-order valence-corrected chi connectivity index (χ4v) is 2.97. The fraction of sp³-hybridized carbons (Fsp3) is 0.167. The molecule has 9 heteroatoms. The van der Waals surface area contributed by atoms with Crippen molar-refractivity contribution in [1.82, 2.24) is 4.72 Å². The highest BCUT2D eigenvalue weighted by Crippen LogP contribution is 2.13. The van der Waals surface area contributed by atoms with Crippen molar-refractivity contribution in [2.24, 2.45) is 0 Å². The van der Waals surface area contributed by atoms with Gasteiger partial charge in [-0.25, -0.2) is 17.9 Å². The average molecular weight is 388 g/mol. The summed E-state index contributed by atoms with van der Waals surface area (Å²) < 4.78 is 36.2. The number of nitrogens with zero attached hydrogens (tertiary/aromatic N) is 1. The second kappa shape index (κ2) is 8.93. The second-order valence-electron chi connectivity index (χ2n) is 5.27. The minimum absolute atomic E-state index is 0.0409. The van der Waals surface area contributed by atoms with Gasteiger partial charge in [0.15, 0.2) is 12.4 Å². The molecule has 0 saturated carbocycles. The smallest absolute Gasteiger partial charge is 0.343 e. The van der Waals surface area contributed by atoms with E-state index >= 15 is 0 Å². The van der Waals surface area contributed by atoms with Crippen LogP contribution in [0.5, 0.6) is 5.75 Å². The number of carbonyl (C=O) groups is 2. The summed E-state index contributed by atoms with van der Waals surface area (Å²) in [6, 6.07) is 13.1. The number of ether oxygens (including phenoxy) is 2. The first-order valence-corrected chi connectivity index (χ1v) is 9.17. The van der Waals surface area contributed by atoms with Crippen LogP contribution in [0.15, 0.2) is 53.4 Å². The molecule has 0 heterocycles. The van der Waals surface area contributed by atoms with Gasteiger partial charge in [0.1, 0.15) is 5.75 Å². The predicted octanol–water partition coefficient (Wildman–Crippen LogP) is 1.27. The number of sulfonamides is 1. The van der Waals surface area contributed by atoms with Gasteiger partial charge in [-0.2, -0.15) is 5.26 Å². The third kappa shape index (κ3) is 5.64. The number of carbonyl (C=O) groups excluding carboxylic acids is 2. The van der Waals surface area contributed by atoms with E-state index in [2.05, 4.69) is 9.46 Å². The van der Waals surface area contributed by atoms with Crippen LogP contribution >= 0.6 is 0 Å². The molecule has 0 radical (unpaired) electrons. The molecule has 0 spiro atoms. The third-order valence-corrected chi connectivity index (χ3v) is 4.89. The van der Waals surface area contributed by atoms with Gasteiger partial charge in [0.25, 0.3) is 0 Å². The van der Waals surface area contributed by atoms with Crippen LogP contribution in [0.4, 0.5) is 0 Å². The molecule has 0 unspecified atom stereocenters. The van der Waals surface area contributed by atoms with E-state index < -0.39 is 28.3 Å². The van der Waals surface area contributed by atoms with Gasteiger partial charge in [-0.3, -0.25) is 4.79 Å². The van der Waals surface area contributed by atoms with Crippen molar-refractivity contribution in [1.29, 1.82) is 5.26 Å². The third-order valence-electron chi connectivity index (χ3n) is 3.48. The van der Waals surface area contributed by atoms with E-state index in [1.165, 1.54) is 55.6 Å². The maximum absolute atomic E-state index is 12.2. The van der Waals surface area contributed by atoms with E-state index in [-0.39, 0.29) is 17.1 Å². The monoisotopic (exact) mass is 388 g/mol. The number of ketones is 1. The first-order valence-electron chi connectivity index (χ1n) is 7.68. The number of methoxy groups -OCH3 is 1. The van der Waals surface area contributed by atoms with Crippen molar-refractivity contribution in [3.8, 4) is 11.8 Å². The van der Waals surface area contributed by atoms with Crippen LogP contribution in [-0.2, 0) is 19.6 Å². The van der Waals surface area contributed by atoms with E-state index in [0.717, 1.165) is 0 Å². The normalized spacial score (nSPS) is 10.7. The molecule has 1 N–H and O–H groups in total. The summed E-state index contributed by atoms with van der Waals surface area (Å²) in [6.07, 6.45) is 0. The molecule has 0 aliphatic heterocycles. The van der Waals surface area contributed by atoms with Crippen LogP contribution < -0.4 is 9.46 Å². The van der Waals surface area contributed by atoms with E-state index in [4.69, 9.17) is 10.00 Å². The highest BCUT2D eigenvalue weighted by molar-refractivity contribution is 7.89. The van der Waals surface area contributed by atoms with Crippen LogP contribution in [0.2, 0.25) is 0 Å². The topological polar surface area (TPSA) is 123 Å². The summed E-state index contributed by atoms with van der Waals surface area (Å²) in [4.78, 5) is 23.1. The van der Waals surface area contributed by atoms with Crippen LogP contribution in [-0.4, -0.2) is 40.4 Å². The lowest BCUT2D eigenvalue weighted by atomic mass is 10.1. The minimum atomic E-state index is -3.87. The molecule has 0 saturated heterocycles. The van der Waals surface area contributed by atoms with E-state index in [1.54, 1.807) is 0 Å². The number of hydrogen-bond acceptors (Lipinski definition) is 7. The molecule has 0 amide bonds. The Hall–Kier alpha value is -3.22. The minimum Gasteiger partial charge on any atom is -0.482 e. The first kappa shape index (κ1) is 20.1. The first-order chi connectivity index (χ1) is 12.9. The van der Waals surface area contributed by atoms with E-state index in [9.17, 15) is 18.0 Å².